The van der Waals surface area contributed by atoms with E-state index in [1.165, 1.54) is 11.7 Å². The Morgan fingerprint density at radius 3 is 2.60 bits per heavy atom. The van der Waals surface area contributed by atoms with Crippen LogP contribution in [0, 0.1) is 0 Å². The van der Waals surface area contributed by atoms with Crippen LogP contribution in [0.1, 0.15) is 29.0 Å². The molecule has 6 heteroatoms. The van der Waals surface area contributed by atoms with Gasteiger partial charge >= 0.3 is 5.97 Å². The fraction of sp³-hybridized carbons (Fsp3) is 0.158. The predicted molar refractivity (Wildman–Crippen MR) is 98.5 cm³/mol. The molecule has 2 N–H and O–H groups in total. The number of fused-ring (bicyclic) bond motifs is 1. The maximum absolute atomic E-state index is 13.1. The van der Waals surface area contributed by atoms with Crippen molar-refractivity contribution in [2.75, 3.05) is 7.11 Å². The minimum Gasteiger partial charge on any atom is -0.465 e. The maximum Gasteiger partial charge on any atom is 0.337 e. The standard InChI is InChI=1S/C19H17ClN2O3/c1-11(21)16-10-12-5-4-8-15(20)17(12)18(23)22(16)14-7-3-6-13(9-14)19(24)25-2/h3-11H,21H2,1-2H3. The fourth-order valence-corrected chi connectivity index (χ4v) is 3.09. The number of halogens is 1. The van der Waals surface area contributed by atoms with Gasteiger partial charge in [-0.1, -0.05) is 29.8 Å². The third kappa shape index (κ3) is 3.04. The molecule has 3 aromatic rings. The Morgan fingerprint density at radius 2 is 1.92 bits per heavy atom. The second-order valence-corrected chi connectivity index (χ2v) is 6.15. The molecule has 0 spiro atoms. The quantitative estimate of drug-likeness (QED) is 0.729. The Kier molecular flexibility index (Phi) is 4.61. The average molecular weight is 357 g/mol. The fourth-order valence-electron chi connectivity index (χ4n) is 2.83. The Morgan fingerprint density at radius 1 is 1.20 bits per heavy atom. The van der Waals surface area contributed by atoms with E-state index in [1.807, 2.05) is 12.1 Å². The van der Waals surface area contributed by atoms with Gasteiger partial charge < -0.3 is 10.5 Å². The topological polar surface area (TPSA) is 74.3 Å². The number of carbonyl (C=O) groups is 1. The van der Waals surface area contributed by atoms with Crippen molar-refractivity contribution in [3.63, 3.8) is 0 Å². The monoisotopic (exact) mass is 356 g/mol. The highest BCUT2D eigenvalue weighted by atomic mass is 35.5. The molecule has 1 atom stereocenters. The van der Waals surface area contributed by atoms with Gasteiger partial charge in [0.2, 0.25) is 0 Å². The number of ether oxygens (including phenoxy) is 1. The lowest BCUT2D eigenvalue weighted by Gasteiger charge is -2.18. The van der Waals surface area contributed by atoms with Crippen LogP contribution in [0.5, 0.6) is 0 Å². The largest absolute Gasteiger partial charge is 0.465 e. The number of carbonyl (C=O) groups excluding carboxylic acids is 1. The smallest absolute Gasteiger partial charge is 0.337 e. The zero-order valence-electron chi connectivity index (χ0n) is 13.8. The van der Waals surface area contributed by atoms with Crippen LogP contribution in [0.2, 0.25) is 5.02 Å². The van der Waals surface area contributed by atoms with E-state index in [1.54, 1.807) is 43.3 Å². The first-order chi connectivity index (χ1) is 11.9. The number of benzene rings is 2. The second-order valence-electron chi connectivity index (χ2n) is 5.74. The summed E-state index contributed by atoms with van der Waals surface area (Å²) in [4.78, 5) is 24.9. The summed E-state index contributed by atoms with van der Waals surface area (Å²) in [7, 11) is 1.31. The molecule has 2 aromatic carbocycles. The molecule has 0 amide bonds. The van der Waals surface area contributed by atoms with Gasteiger partial charge in [-0.3, -0.25) is 9.36 Å². The number of hydrogen-bond acceptors (Lipinski definition) is 4. The number of nitrogens with zero attached hydrogens (tertiary/aromatic N) is 1. The SMILES string of the molecule is COC(=O)c1cccc(-n2c(C(C)N)cc3cccc(Cl)c3c2=O)c1. The van der Waals surface area contributed by atoms with E-state index in [2.05, 4.69) is 0 Å². The summed E-state index contributed by atoms with van der Waals surface area (Å²) in [6, 6.07) is 13.4. The number of aromatic nitrogens is 1. The maximum atomic E-state index is 13.1. The van der Waals surface area contributed by atoms with Gasteiger partial charge in [-0.15, -0.1) is 0 Å². The summed E-state index contributed by atoms with van der Waals surface area (Å²) in [6.45, 7) is 1.80. The van der Waals surface area contributed by atoms with E-state index in [0.717, 1.165) is 5.39 Å². The minimum atomic E-state index is -0.476. The van der Waals surface area contributed by atoms with Gasteiger partial charge in [-0.25, -0.2) is 4.79 Å². The van der Waals surface area contributed by atoms with Crippen LogP contribution >= 0.6 is 11.6 Å². The van der Waals surface area contributed by atoms with Crippen molar-refractivity contribution in [1.82, 2.24) is 4.57 Å². The van der Waals surface area contributed by atoms with Crippen molar-refractivity contribution in [3.05, 3.63) is 75.2 Å². The summed E-state index contributed by atoms with van der Waals surface area (Å²) in [6.07, 6.45) is 0. The van der Waals surface area contributed by atoms with Crippen molar-refractivity contribution in [1.29, 1.82) is 0 Å². The lowest BCUT2D eigenvalue weighted by Crippen LogP contribution is -2.26. The number of rotatable bonds is 3. The summed E-state index contributed by atoms with van der Waals surface area (Å²) in [5.41, 5.74) is 7.31. The van der Waals surface area contributed by atoms with Gasteiger partial charge in [0.25, 0.3) is 5.56 Å². The molecule has 0 fully saturated rings. The van der Waals surface area contributed by atoms with Crippen molar-refractivity contribution in [2.24, 2.45) is 5.73 Å². The summed E-state index contributed by atoms with van der Waals surface area (Å²) >= 11 is 6.24. The van der Waals surface area contributed by atoms with E-state index in [-0.39, 0.29) is 5.56 Å². The molecule has 0 saturated carbocycles. The van der Waals surface area contributed by atoms with Crippen molar-refractivity contribution < 1.29 is 9.53 Å². The van der Waals surface area contributed by atoms with Crippen LogP contribution in [0.15, 0.2) is 53.3 Å². The highest BCUT2D eigenvalue weighted by Crippen LogP contribution is 2.25. The molecular weight excluding hydrogens is 340 g/mol. The third-order valence-corrected chi connectivity index (χ3v) is 4.33. The molecule has 5 nitrogen and oxygen atoms in total. The molecule has 0 radical (unpaired) electrons. The molecule has 3 rings (SSSR count). The van der Waals surface area contributed by atoms with Gasteiger partial charge in [0.1, 0.15) is 0 Å². The molecule has 1 heterocycles. The Labute approximate surface area is 149 Å². The molecule has 0 bridgehead atoms. The Hall–Kier alpha value is -2.63. The minimum absolute atomic E-state index is 0.280. The summed E-state index contributed by atoms with van der Waals surface area (Å²) in [5.74, 6) is -0.476. The van der Waals surface area contributed by atoms with Crippen LogP contribution in [-0.4, -0.2) is 17.6 Å². The molecular formula is C19H17ClN2O3. The molecule has 0 aliphatic carbocycles. The molecule has 1 aromatic heterocycles. The number of pyridine rings is 1. The number of methoxy groups -OCH3 is 1. The molecule has 0 aliphatic rings. The van der Waals surface area contributed by atoms with E-state index in [9.17, 15) is 9.59 Å². The molecule has 0 saturated heterocycles. The van der Waals surface area contributed by atoms with Crippen LogP contribution in [0.25, 0.3) is 16.5 Å². The first-order valence-corrected chi connectivity index (χ1v) is 8.10. The number of nitrogens with two attached hydrogens (primary N) is 1. The summed E-state index contributed by atoms with van der Waals surface area (Å²) in [5, 5.41) is 1.51. The molecule has 0 aliphatic heterocycles. The van der Waals surface area contributed by atoms with Gasteiger partial charge in [0.05, 0.1) is 23.1 Å². The zero-order valence-corrected chi connectivity index (χ0v) is 14.6. The predicted octanol–water partition coefficient (Wildman–Crippen LogP) is 3.45. The normalized spacial score (nSPS) is 12.2. The van der Waals surface area contributed by atoms with Crippen molar-refractivity contribution in [3.8, 4) is 5.69 Å². The number of esters is 1. The lowest BCUT2D eigenvalue weighted by molar-refractivity contribution is 0.0600. The van der Waals surface area contributed by atoms with Gasteiger partial charge in [-0.05, 0) is 42.6 Å². The third-order valence-electron chi connectivity index (χ3n) is 4.02. The lowest BCUT2D eigenvalue weighted by atomic mass is 10.1. The number of hydrogen-bond donors (Lipinski definition) is 1. The second kappa shape index (κ2) is 6.70. The van der Waals surface area contributed by atoms with Gasteiger partial charge in [0, 0.05) is 17.4 Å². The highest BCUT2D eigenvalue weighted by Gasteiger charge is 2.16. The van der Waals surface area contributed by atoms with Gasteiger partial charge in [0.15, 0.2) is 0 Å². The first-order valence-electron chi connectivity index (χ1n) is 7.72. The molecule has 128 valence electrons. The van der Waals surface area contributed by atoms with E-state index < -0.39 is 12.0 Å². The van der Waals surface area contributed by atoms with Crippen LogP contribution in [-0.2, 0) is 4.74 Å². The van der Waals surface area contributed by atoms with E-state index in [4.69, 9.17) is 22.1 Å². The Bertz CT molecular complexity index is 1020. The first kappa shape index (κ1) is 17.2. The zero-order chi connectivity index (χ0) is 18.1. The van der Waals surface area contributed by atoms with Gasteiger partial charge in [-0.2, -0.15) is 0 Å². The van der Waals surface area contributed by atoms with E-state index in [0.29, 0.717) is 27.4 Å². The van der Waals surface area contributed by atoms with E-state index >= 15 is 0 Å². The van der Waals surface area contributed by atoms with Crippen LogP contribution < -0.4 is 11.3 Å². The van der Waals surface area contributed by atoms with Crippen LogP contribution in [0.4, 0.5) is 0 Å². The van der Waals surface area contributed by atoms with Crippen LogP contribution in [0.3, 0.4) is 0 Å². The summed E-state index contributed by atoms with van der Waals surface area (Å²) < 4.78 is 6.24. The molecule has 25 heavy (non-hydrogen) atoms. The van der Waals surface area contributed by atoms with Crippen molar-refractivity contribution in [2.45, 2.75) is 13.0 Å². The van der Waals surface area contributed by atoms with Crippen molar-refractivity contribution >= 4 is 28.3 Å². The average Bonchev–Trinajstić information content (AvgIpc) is 2.60. The molecule has 1 unspecified atom stereocenters. The highest BCUT2D eigenvalue weighted by molar-refractivity contribution is 6.35. The Balaban J connectivity index is 2.37.